The van der Waals surface area contributed by atoms with Crippen LogP contribution >= 0.6 is 12.2 Å². The van der Waals surface area contributed by atoms with Gasteiger partial charge in [0.15, 0.2) is 0 Å². The summed E-state index contributed by atoms with van der Waals surface area (Å²) in [5.74, 6) is 0.707. The molecule has 0 N–H and O–H groups in total. The first-order valence-electron chi connectivity index (χ1n) is 4.64. The molecule has 0 saturated heterocycles. The van der Waals surface area contributed by atoms with Crippen molar-refractivity contribution in [1.82, 2.24) is 0 Å². The summed E-state index contributed by atoms with van der Waals surface area (Å²) in [6.45, 7) is 1.92. The molecule has 0 spiro atoms. The maximum absolute atomic E-state index is 10.9. The lowest BCUT2D eigenvalue weighted by Gasteiger charge is -2.17. The molecule has 80 valence electrons. The average Bonchev–Trinajstić information content (AvgIpc) is 2.30. The van der Waals surface area contributed by atoms with E-state index in [2.05, 4.69) is 0 Å². The summed E-state index contributed by atoms with van der Waals surface area (Å²) in [6, 6.07) is 7.24. The summed E-state index contributed by atoms with van der Waals surface area (Å²) in [4.78, 5) is 12.9. The predicted octanol–water partition coefficient (Wildman–Crippen LogP) is 2.40. The Bertz CT molecular complexity index is 365. The first kappa shape index (κ1) is 11.7. The van der Waals surface area contributed by atoms with Crippen LogP contribution in [0.25, 0.3) is 0 Å². The Morgan fingerprint density at radius 2 is 2.33 bits per heavy atom. The normalized spacial score (nSPS) is 9.47. The van der Waals surface area contributed by atoms with E-state index in [1.807, 2.05) is 25.1 Å². The van der Waals surface area contributed by atoms with E-state index in [-0.39, 0.29) is 0 Å². The number of ether oxygens (including phenoxy) is 1. The first-order valence-corrected chi connectivity index (χ1v) is 5.05. The van der Waals surface area contributed by atoms with Gasteiger partial charge in [-0.2, -0.15) is 0 Å². The lowest BCUT2D eigenvalue weighted by molar-refractivity contribution is -0.106. The highest BCUT2D eigenvalue weighted by atomic mass is 32.1. The highest BCUT2D eigenvalue weighted by Crippen LogP contribution is 2.20. The van der Waals surface area contributed by atoms with Crippen molar-refractivity contribution in [3.8, 4) is 5.75 Å². The summed E-state index contributed by atoms with van der Waals surface area (Å²) < 4.78 is 5.08. The van der Waals surface area contributed by atoms with Gasteiger partial charge in [0.1, 0.15) is 5.75 Å². The number of thiocarbonyl (C=S) groups is 1. The van der Waals surface area contributed by atoms with Crippen LogP contribution in [0.4, 0.5) is 5.69 Å². The van der Waals surface area contributed by atoms with Crippen molar-refractivity contribution in [3.05, 3.63) is 24.3 Å². The summed E-state index contributed by atoms with van der Waals surface area (Å²) >= 11 is 5.09. The van der Waals surface area contributed by atoms with Crippen molar-refractivity contribution in [2.75, 3.05) is 12.0 Å². The zero-order chi connectivity index (χ0) is 11.3. The molecular formula is C11H13NO2S. The molecule has 1 aromatic carbocycles. The van der Waals surface area contributed by atoms with Crippen LogP contribution in [-0.2, 0) is 4.79 Å². The zero-order valence-electron chi connectivity index (χ0n) is 8.77. The Morgan fingerprint density at radius 3 is 2.87 bits per heavy atom. The molecule has 3 nitrogen and oxygen atoms in total. The third kappa shape index (κ3) is 2.76. The minimum absolute atomic E-state index is 0.596. The number of carbonyl (C=O) groups is 1. The molecule has 0 fully saturated rings. The zero-order valence-corrected chi connectivity index (χ0v) is 9.58. The molecule has 0 radical (unpaired) electrons. The highest BCUT2D eigenvalue weighted by Gasteiger charge is 2.09. The van der Waals surface area contributed by atoms with Gasteiger partial charge in [-0.25, -0.2) is 0 Å². The molecule has 0 aliphatic carbocycles. The summed E-state index contributed by atoms with van der Waals surface area (Å²) in [6.07, 6.45) is 1.38. The van der Waals surface area contributed by atoms with E-state index in [9.17, 15) is 4.79 Å². The molecular weight excluding hydrogens is 210 g/mol. The quantitative estimate of drug-likeness (QED) is 0.580. The summed E-state index contributed by atoms with van der Waals surface area (Å²) in [7, 11) is 1.59. The van der Waals surface area contributed by atoms with Gasteiger partial charge in [-0.1, -0.05) is 25.2 Å². The number of anilines is 1. The van der Waals surface area contributed by atoms with Crippen molar-refractivity contribution in [3.63, 3.8) is 0 Å². The van der Waals surface area contributed by atoms with Gasteiger partial charge < -0.3 is 4.74 Å². The molecule has 1 amide bonds. The fraction of sp³-hybridized carbons (Fsp3) is 0.273. The maximum atomic E-state index is 10.9. The average molecular weight is 223 g/mol. The summed E-state index contributed by atoms with van der Waals surface area (Å²) in [5.41, 5.74) is 0.733. The predicted molar refractivity (Wildman–Crippen MR) is 64.4 cm³/mol. The van der Waals surface area contributed by atoms with Gasteiger partial charge in [0.2, 0.25) is 6.41 Å². The van der Waals surface area contributed by atoms with Crippen LogP contribution in [-0.4, -0.2) is 18.5 Å². The number of hydrogen-bond acceptors (Lipinski definition) is 3. The number of rotatable bonds is 4. The van der Waals surface area contributed by atoms with Gasteiger partial charge in [0.05, 0.1) is 17.8 Å². The molecule has 1 aromatic rings. The SMILES string of the molecule is CCC(=S)N(C=O)c1cccc(OC)c1. The van der Waals surface area contributed by atoms with E-state index in [4.69, 9.17) is 17.0 Å². The summed E-state index contributed by atoms with van der Waals surface area (Å²) in [5, 5.41) is 0. The van der Waals surface area contributed by atoms with Gasteiger partial charge in [-0.3, -0.25) is 9.69 Å². The van der Waals surface area contributed by atoms with Crippen LogP contribution in [0.3, 0.4) is 0 Å². The van der Waals surface area contributed by atoms with E-state index in [1.165, 1.54) is 4.90 Å². The number of carbonyl (C=O) groups excluding carboxylic acids is 1. The molecule has 15 heavy (non-hydrogen) atoms. The van der Waals surface area contributed by atoms with Gasteiger partial charge >= 0.3 is 0 Å². The second kappa shape index (κ2) is 5.46. The molecule has 0 saturated carbocycles. The molecule has 0 aromatic heterocycles. The molecule has 0 unspecified atom stereocenters. The minimum Gasteiger partial charge on any atom is -0.497 e. The van der Waals surface area contributed by atoms with Crippen LogP contribution in [0, 0.1) is 0 Å². The van der Waals surface area contributed by atoms with Crippen LogP contribution in [0.2, 0.25) is 0 Å². The lowest BCUT2D eigenvalue weighted by atomic mass is 10.2. The smallest absolute Gasteiger partial charge is 0.219 e. The highest BCUT2D eigenvalue weighted by molar-refractivity contribution is 7.80. The van der Waals surface area contributed by atoms with E-state index < -0.39 is 0 Å². The Balaban J connectivity index is 3.01. The van der Waals surface area contributed by atoms with E-state index in [1.54, 1.807) is 13.2 Å². The second-order valence-electron chi connectivity index (χ2n) is 2.92. The third-order valence-electron chi connectivity index (χ3n) is 2.01. The Morgan fingerprint density at radius 1 is 1.60 bits per heavy atom. The monoisotopic (exact) mass is 223 g/mol. The van der Waals surface area contributed by atoms with E-state index in [0.717, 1.165) is 12.1 Å². The standard InChI is InChI=1S/C11H13NO2S/c1-3-11(15)12(8-13)9-5-4-6-10(7-9)14-2/h4-8H,3H2,1-2H3. The Kier molecular flexibility index (Phi) is 4.24. The number of benzene rings is 1. The number of hydrogen-bond donors (Lipinski definition) is 0. The van der Waals surface area contributed by atoms with Gasteiger partial charge in [0, 0.05) is 6.07 Å². The van der Waals surface area contributed by atoms with Gasteiger partial charge in [-0.15, -0.1) is 0 Å². The minimum atomic E-state index is 0.596. The Hall–Kier alpha value is -1.42. The van der Waals surface area contributed by atoms with Crippen molar-refractivity contribution >= 4 is 29.3 Å². The third-order valence-corrected chi connectivity index (χ3v) is 2.49. The van der Waals surface area contributed by atoms with Crippen molar-refractivity contribution < 1.29 is 9.53 Å². The maximum Gasteiger partial charge on any atom is 0.219 e. The first-order chi connectivity index (χ1) is 7.22. The van der Waals surface area contributed by atoms with E-state index in [0.29, 0.717) is 17.2 Å². The van der Waals surface area contributed by atoms with Gasteiger partial charge in [-0.05, 0) is 18.6 Å². The molecule has 0 aliphatic rings. The molecule has 4 heteroatoms. The lowest BCUT2D eigenvalue weighted by Crippen LogP contribution is -2.26. The number of methoxy groups -OCH3 is 1. The van der Waals surface area contributed by atoms with Crippen molar-refractivity contribution in [1.29, 1.82) is 0 Å². The fourth-order valence-electron chi connectivity index (χ4n) is 1.19. The molecule has 0 aliphatic heterocycles. The van der Waals surface area contributed by atoms with Crippen LogP contribution in [0.1, 0.15) is 13.3 Å². The van der Waals surface area contributed by atoms with E-state index >= 15 is 0 Å². The molecule has 0 heterocycles. The van der Waals surface area contributed by atoms with Crippen LogP contribution in [0.15, 0.2) is 24.3 Å². The van der Waals surface area contributed by atoms with Crippen LogP contribution < -0.4 is 9.64 Å². The topological polar surface area (TPSA) is 29.5 Å². The largest absolute Gasteiger partial charge is 0.497 e. The van der Waals surface area contributed by atoms with Crippen molar-refractivity contribution in [2.45, 2.75) is 13.3 Å². The fourth-order valence-corrected chi connectivity index (χ4v) is 1.34. The van der Waals surface area contributed by atoms with Gasteiger partial charge in [0.25, 0.3) is 0 Å². The molecule has 0 atom stereocenters. The Labute approximate surface area is 94.6 Å². The second-order valence-corrected chi connectivity index (χ2v) is 3.40. The van der Waals surface area contributed by atoms with Crippen LogP contribution in [0.5, 0.6) is 5.75 Å². The van der Waals surface area contributed by atoms with Crippen molar-refractivity contribution in [2.24, 2.45) is 0 Å². The molecule has 0 bridgehead atoms. The molecule has 1 rings (SSSR count). The number of amides is 1. The number of nitrogens with zero attached hydrogens (tertiary/aromatic N) is 1.